The molecule has 1 amide bonds. The first-order valence-corrected chi connectivity index (χ1v) is 9.73. The largest absolute Gasteiger partial charge is 0.323 e. The van der Waals surface area contributed by atoms with Crippen molar-refractivity contribution in [1.82, 2.24) is 19.7 Å². The van der Waals surface area contributed by atoms with Gasteiger partial charge in [-0.25, -0.2) is 4.39 Å². The third-order valence-corrected chi connectivity index (χ3v) is 5.21. The number of non-ortho nitro benzene ring substituents is 1. The molecule has 1 aliphatic carbocycles. The molecule has 0 spiro atoms. The lowest BCUT2D eigenvalue weighted by atomic mass is 10.2. The Bertz CT molecular complexity index is 1070. The van der Waals surface area contributed by atoms with E-state index < -0.39 is 16.6 Å². The number of benzene rings is 1. The van der Waals surface area contributed by atoms with Gasteiger partial charge in [-0.15, -0.1) is 10.2 Å². The van der Waals surface area contributed by atoms with Crippen LogP contribution in [-0.2, 0) is 4.79 Å². The van der Waals surface area contributed by atoms with Crippen molar-refractivity contribution in [3.05, 3.63) is 58.7 Å². The minimum Gasteiger partial charge on any atom is -0.323 e. The van der Waals surface area contributed by atoms with Crippen molar-refractivity contribution in [2.24, 2.45) is 0 Å². The summed E-state index contributed by atoms with van der Waals surface area (Å²) in [5.74, 6) is -0.593. The minimum atomic E-state index is -0.742. The van der Waals surface area contributed by atoms with E-state index in [1.165, 1.54) is 11.8 Å². The number of nitrogens with one attached hydrogen (secondary N) is 1. The molecule has 2 heterocycles. The first-order valence-electron chi connectivity index (χ1n) is 8.75. The molecule has 11 heteroatoms. The molecule has 1 N–H and O–H groups in total. The highest BCUT2D eigenvalue weighted by atomic mass is 32.2. The summed E-state index contributed by atoms with van der Waals surface area (Å²) in [6.45, 7) is 0. The fraction of sp³-hybridized carbons (Fsp3) is 0.222. The van der Waals surface area contributed by atoms with Crippen molar-refractivity contribution in [2.45, 2.75) is 24.0 Å². The van der Waals surface area contributed by atoms with Crippen LogP contribution >= 0.6 is 11.8 Å². The molecule has 9 nitrogen and oxygen atoms in total. The van der Waals surface area contributed by atoms with Crippen molar-refractivity contribution in [2.75, 3.05) is 11.1 Å². The lowest BCUT2D eigenvalue weighted by molar-refractivity contribution is -0.384. The summed E-state index contributed by atoms with van der Waals surface area (Å²) < 4.78 is 15.8. The lowest BCUT2D eigenvalue weighted by Crippen LogP contribution is -2.15. The third kappa shape index (κ3) is 4.24. The van der Waals surface area contributed by atoms with Crippen LogP contribution in [0.4, 0.5) is 15.8 Å². The van der Waals surface area contributed by atoms with E-state index in [-0.39, 0.29) is 23.2 Å². The molecule has 0 aliphatic heterocycles. The van der Waals surface area contributed by atoms with E-state index in [2.05, 4.69) is 20.5 Å². The van der Waals surface area contributed by atoms with Crippen LogP contribution in [0.2, 0.25) is 0 Å². The van der Waals surface area contributed by atoms with E-state index in [1.807, 2.05) is 16.7 Å². The monoisotopic (exact) mass is 414 g/mol. The van der Waals surface area contributed by atoms with Crippen LogP contribution in [0.5, 0.6) is 0 Å². The molecule has 3 aromatic rings. The molecule has 2 aromatic heterocycles. The van der Waals surface area contributed by atoms with Gasteiger partial charge in [-0.05, 0) is 31.0 Å². The number of thioether (sulfide) groups is 1. The zero-order valence-corrected chi connectivity index (χ0v) is 15.8. The number of hydrogen-bond acceptors (Lipinski definition) is 7. The summed E-state index contributed by atoms with van der Waals surface area (Å²) in [5.41, 5.74) is 0.301. The summed E-state index contributed by atoms with van der Waals surface area (Å²) in [6.07, 6.45) is 5.39. The van der Waals surface area contributed by atoms with E-state index >= 15 is 0 Å². The Morgan fingerprint density at radius 3 is 2.86 bits per heavy atom. The van der Waals surface area contributed by atoms with Crippen molar-refractivity contribution in [1.29, 1.82) is 0 Å². The lowest BCUT2D eigenvalue weighted by Gasteiger charge is -2.09. The molecular weight excluding hydrogens is 399 g/mol. The number of aromatic nitrogens is 4. The maximum Gasteiger partial charge on any atom is 0.271 e. The Labute approximate surface area is 168 Å². The van der Waals surface area contributed by atoms with Crippen LogP contribution in [-0.4, -0.2) is 36.3 Å². The molecule has 148 valence electrons. The van der Waals surface area contributed by atoms with E-state index in [9.17, 15) is 19.3 Å². The van der Waals surface area contributed by atoms with Gasteiger partial charge in [0.1, 0.15) is 5.82 Å². The first kappa shape index (κ1) is 19.0. The summed E-state index contributed by atoms with van der Waals surface area (Å²) in [7, 11) is 0. The van der Waals surface area contributed by atoms with E-state index in [1.54, 1.807) is 12.4 Å². The van der Waals surface area contributed by atoms with E-state index in [4.69, 9.17) is 0 Å². The van der Waals surface area contributed by atoms with Gasteiger partial charge in [0, 0.05) is 36.1 Å². The Kier molecular flexibility index (Phi) is 5.21. The standard InChI is InChI=1S/C18H15FN6O3S/c19-14-6-5-13(25(27)28)8-15(14)21-16(26)10-29-18-23-22-17(24(18)12-3-4-12)11-2-1-7-20-9-11/h1-2,5-9,12H,3-4,10H2,(H,21,26). The summed E-state index contributed by atoms with van der Waals surface area (Å²) >= 11 is 1.18. The molecule has 1 aromatic carbocycles. The number of nitrogens with zero attached hydrogens (tertiary/aromatic N) is 5. The Hall–Kier alpha value is -3.34. The average molecular weight is 414 g/mol. The smallest absolute Gasteiger partial charge is 0.271 e. The highest BCUT2D eigenvalue weighted by Crippen LogP contribution is 2.40. The number of rotatable bonds is 7. The van der Waals surface area contributed by atoms with Gasteiger partial charge in [0.15, 0.2) is 11.0 Å². The average Bonchev–Trinajstić information content (AvgIpc) is 3.47. The molecule has 0 saturated heterocycles. The maximum absolute atomic E-state index is 13.8. The SMILES string of the molecule is O=C(CSc1nnc(-c2cccnc2)n1C1CC1)Nc1cc([N+](=O)[O-])ccc1F. The second kappa shape index (κ2) is 7.95. The molecular formula is C18H15FN6O3S. The Morgan fingerprint density at radius 1 is 1.34 bits per heavy atom. The predicted molar refractivity (Wildman–Crippen MR) is 104 cm³/mol. The number of hydrogen-bond donors (Lipinski definition) is 1. The van der Waals surface area contributed by atoms with Crippen molar-refractivity contribution in [3.8, 4) is 11.4 Å². The second-order valence-electron chi connectivity index (χ2n) is 6.41. The number of carbonyl (C=O) groups is 1. The van der Waals surface area contributed by atoms with E-state index in [0.29, 0.717) is 11.0 Å². The molecule has 1 saturated carbocycles. The highest BCUT2D eigenvalue weighted by molar-refractivity contribution is 7.99. The van der Waals surface area contributed by atoms with Crippen LogP contribution in [0.3, 0.4) is 0 Å². The molecule has 0 atom stereocenters. The molecule has 0 radical (unpaired) electrons. The van der Waals surface area contributed by atoms with E-state index in [0.717, 1.165) is 36.6 Å². The number of halogens is 1. The fourth-order valence-electron chi connectivity index (χ4n) is 2.77. The maximum atomic E-state index is 13.8. The predicted octanol–water partition coefficient (Wildman–Crippen LogP) is 3.45. The zero-order valence-electron chi connectivity index (χ0n) is 15.0. The molecule has 1 fully saturated rings. The summed E-state index contributed by atoms with van der Waals surface area (Å²) in [6, 6.07) is 6.96. The van der Waals surface area contributed by atoms with Gasteiger partial charge >= 0.3 is 0 Å². The first-order chi connectivity index (χ1) is 14.0. The van der Waals surface area contributed by atoms with Gasteiger partial charge in [0.25, 0.3) is 5.69 Å². The fourth-order valence-corrected chi connectivity index (χ4v) is 3.57. The molecule has 4 rings (SSSR count). The Balaban J connectivity index is 1.47. The van der Waals surface area contributed by atoms with Gasteiger partial charge in [0.2, 0.25) is 5.91 Å². The van der Waals surface area contributed by atoms with Gasteiger partial charge in [-0.1, -0.05) is 11.8 Å². The second-order valence-corrected chi connectivity index (χ2v) is 7.35. The van der Waals surface area contributed by atoms with Gasteiger partial charge in [0.05, 0.1) is 16.4 Å². The van der Waals surface area contributed by atoms with Crippen molar-refractivity contribution < 1.29 is 14.1 Å². The number of nitro benzene ring substituents is 1. The number of nitro groups is 1. The topological polar surface area (TPSA) is 116 Å². The normalized spacial score (nSPS) is 13.3. The van der Waals surface area contributed by atoms with Crippen LogP contribution in [0, 0.1) is 15.9 Å². The summed E-state index contributed by atoms with van der Waals surface area (Å²) in [4.78, 5) is 26.5. The van der Waals surface area contributed by atoms with Crippen LogP contribution in [0.1, 0.15) is 18.9 Å². The van der Waals surface area contributed by atoms with Gasteiger partial charge in [-0.2, -0.15) is 0 Å². The Morgan fingerprint density at radius 2 is 2.17 bits per heavy atom. The number of anilines is 1. The molecule has 0 unspecified atom stereocenters. The van der Waals surface area contributed by atoms with Gasteiger partial charge in [-0.3, -0.25) is 24.5 Å². The zero-order chi connectivity index (χ0) is 20.4. The van der Waals surface area contributed by atoms with Crippen LogP contribution in [0.25, 0.3) is 11.4 Å². The number of carbonyl (C=O) groups excluding carboxylic acids is 1. The van der Waals surface area contributed by atoms with Crippen LogP contribution < -0.4 is 5.32 Å². The molecule has 0 bridgehead atoms. The minimum absolute atomic E-state index is 0.0416. The van der Waals surface area contributed by atoms with Crippen molar-refractivity contribution >= 4 is 29.0 Å². The third-order valence-electron chi connectivity index (χ3n) is 4.26. The molecule has 1 aliphatic rings. The summed E-state index contributed by atoms with van der Waals surface area (Å²) in [5, 5.41) is 22.2. The van der Waals surface area contributed by atoms with Crippen LogP contribution in [0.15, 0.2) is 47.9 Å². The highest BCUT2D eigenvalue weighted by Gasteiger charge is 2.30. The molecule has 29 heavy (non-hydrogen) atoms. The quantitative estimate of drug-likeness (QED) is 0.357. The number of amides is 1. The van der Waals surface area contributed by atoms with Crippen molar-refractivity contribution in [3.63, 3.8) is 0 Å². The van der Waals surface area contributed by atoms with Gasteiger partial charge < -0.3 is 5.32 Å². The number of pyridine rings is 1.